The highest BCUT2D eigenvalue weighted by Crippen LogP contribution is 2.11. The Labute approximate surface area is 131 Å². The summed E-state index contributed by atoms with van der Waals surface area (Å²) in [5, 5.41) is 3.62. The van der Waals surface area contributed by atoms with Crippen molar-refractivity contribution in [2.75, 3.05) is 6.54 Å². The SMILES string of the molecule is Cc1ccc(CCCNC(=O)Cc2cccc(Cl)c2)cc1. The van der Waals surface area contributed by atoms with Gasteiger partial charge in [-0.15, -0.1) is 0 Å². The molecular weight excluding hydrogens is 282 g/mol. The largest absolute Gasteiger partial charge is 0.356 e. The molecule has 0 aromatic heterocycles. The van der Waals surface area contributed by atoms with Crippen LogP contribution in [0.25, 0.3) is 0 Å². The van der Waals surface area contributed by atoms with Gasteiger partial charge in [-0.1, -0.05) is 53.6 Å². The number of carbonyl (C=O) groups is 1. The molecule has 0 saturated carbocycles. The lowest BCUT2D eigenvalue weighted by Crippen LogP contribution is -2.26. The van der Waals surface area contributed by atoms with Gasteiger partial charge in [0.05, 0.1) is 6.42 Å². The van der Waals surface area contributed by atoms with Crippen molar-refractivity contribution in [1.82, 2.24) is 5.32 Å². The van der Waals surface area contributed by atoms with Crippen LogP contribution in [0.2, 0.25) is 5.02 Å². The average Bonchev–Trinajstić information content (AvgIpc) is 2.45. The first-order chi connectivity index (χ1) is 10.1. The van der Waals surface area contributed by atoms with Gasteiger partial charge in [0.2, 0.25) is 5.91 Å². The lowest BCUT2D eigenvalue weighted by atomic mass is 10.1. The van der Waals surface area contributed by atoms with Gasteiger partial charge in [0.25, 0.3) is 0 Å². The Bertz CT molecular complexity index is 592. The topological polar surface area (TPSA) is 29.1 Å². The predicted molar refractivity (Wildman–Crippen MR) is 87.7 cm³/mol. The Balaban J connectivity index is 1.68. The molecule has 0 aliphatic carbocycles. The second kappa shape index (κ2) is 7.84. The average molecular weight is 302 g/mol. The molecular formula is C18H20ClNO. The molecule has 0 atom stereocenters. The molecule has 0 bridgehead atoms. The summed E-state index contributed by atoms with van der Waals surface area (Å²) in [4.78, 5) is 11.8. The van der Waals surface area contributed by atoms with Crippen molar-refractivity contribution in [2.24, 2.45) is 0 Å². The fourth-order valence-electron chi connectivity index (χ4n) is 2.17. The lowest BCUT2D eigenvalue weighted by molar-refractivity contribution is -0.120. The number of nitrogens with one attached hydrogen (secondary N) is 1. The van der Waals surface area contributed by atoms with Gasteiger partial charge in [0, 0.05) is 11.6 Å². The van der Waals surface area contributed by atoms with Crippen LogP contribution in [0, 0.1) is 6.92 Å². The maximum atomic E-state index is 11.8. The van der Waals surface area contributed by atoms with E-state index in [-0.39, 0.29) is 5.91 Å². The van der Waals surface area contributed by atoms with Crippen LogP contribution < -0.4 is 5.32 Å². The van der Waals surface area contributed by atoms with Gasteiger partial charge in [0.1, 0.15) is 0 Å². The highest BCUT2D eigenvalue weighted by molar-refractivity contribution is 6.30. The molecule has 2 nitrogen and oxygen atoms in total. The van der Waals surface area contributed by atoms with E-state index in [4.69, 9.17) is 11.6 Å². The van der Waals surface area contributed by atoms with Crippen LogP contribution in [0.15, 0.2) is 48.5 Å². The molecule has 3 heteroatoms. The van der Waals surface area contributed by atoms with Gasteiger partial charge in [-0.3, -0.25) is 4.79 Å². The maximum Gasteiger partial charge on any atom is 0.224 e. The van der Waals surface area contributed by atoms with Gasteiger partial charge in [-0.25, -0.2) is 0 Å². The van der Waals surface area contributed by atoms with Gasteiger partial charge >= 0.3 is 0 Å². The maximum absolute atomic E-state index is 11.8. The van der Waals surface area contributed by atoms with Crippen molar-refractivity contribution >= 4 is 17.5 Å². The van der Waals surface area contributed by atoms with Crippen molar-refractivity contribution in [3.63, 3.8) is 0 Å². The summed E-state index contributed by atoms with van der Waals surface area (Å²) in [6.45, 7) is 2.78. The van der Waals surface area contributed by atoms with Gasteiger partial charge in [-0.2, -0.15) is 0 Å². The highest BCUT2D eigenvalue weighted by atomic mass is 35.5. The number of carbonyl (C=O) groups excluding carboxylic acids is 1. The van der Waals surface area contributed by atoms with E-state index in [1.807, 2.05) is 24.3 Å². The summed E-state index contributed by atoms with van der Waals surface area (Å²) >= 11 is 5.90. The highest BCUT2D eigenvalue weighted by Gasteiger charge is 2.03. The van der Waals surface area contributed by atoms with Crippen LogP contribution in [0.3, 0.4) is 0 Å². The zero-order valence-corrected chi connectivity index (χ0v) is 13.0. The molecule has 2 rings (SSSR count). The minimum absolute atomic E-state index is 0.0428. The monoisotopic (exact) mass is 301 g/mol. The van der Waals surface area contributed by atoms with Crippen LogP contribution in [0.4, 0.5) is 0 Å². The molecule has 0 radical (unpaired) electrons. The molecule has 1 amide bonds. The summed E-state index contributed by atoms with van der Waals surface area (Å²) < 4.78 is 0. The van der Waals surface area contributed by atoms with Gasteiger partial charge < -0.3 is 5.32 Å². The number of hydrogen-bond acceptors (Lipinski definition) is 1. The Kier molecular flexibility index (Phi) is 5.82. The standard InChI is InChI=1S/C18H20ClNO/c1-14-7-9-15(10-8-14)5-3-11-20-18(21)13-16-4-2-6-17(19)12-16/h2,4,6-10,12H,3,5,11,13H2,1H3,(H,20,21). The second-order valence-corrected chi connectivity index (χ2v) is 5.68. The number of amides is 1. The molecule has 0 heterocycles. The number of aryl methyl sites for hydroxylation is 2. The Hall–Kier alpha value is -1.80. The Morgan fingerprint density at radius 1 is 1.10 bits per heavy atom. The fraction of sp³-hybridized carbons (Fsp3) is 0.278. The van der Waals surface area contributed by atoms with Crippen LogP contribution in [-0.2, 0) is 17.6 Å². The van der Waals surface area contributed by atoms with E-state index in [1.165, 1.54) is 11.1 Å². The first-order valence-electron chi connectivity index (χ1n) is 7.20. The molecule has 21 heavy (non-hydrogen) atoms. The van der Waals surface area contributed by atoms with E-state index in [0.29, 0.717) is 18.0 Å². The first-order valence-corrected chi connectivity index (χ1v) is 7.58. The van der Waals surface area contributed by atoms with Crippen LogP contribution in [0.5, 0.6) is 0 Å². The third-order valence-electron chi connectivity index (χ3n) is 3.34. The number of hydrogen-bond donors (Lipinski definition) is 1. The van der Waals surface area contributed by atoms with E-state index in [0.717, 1.165) is 18.4 Å². The molecule has 2 aromatic rings. The summed E-state index contributed by atoms with van der Waals surface area (Å²) in [6, 6.07) is 15.9. The fourth-order valence-corrected chi connectivity index (χ4v) is 2.38. The minimum atomic E-state index is 0.0428. The van der Waals surface area contributed by atoms with Crippen molar-refractivity contribution in [2.45, 2.75) is 26.2 Å². The van der Waals surface area contributed by atoms with Crippen molar-refractivity contribution in [3.05, 3.63) is 70.2 Å². The lowest BCUT2D eigenvalue weighted by Gasteiger charge is -2.06. The summed E-state index contributed by atoms with van der Waals surface area (Å²) in [5.74, 6) is 0.0428. The zero-order valence-electron chi connectivity index (χ0n) is 12.2. The van der Waals surface area contributed by atoms with E-state index in [9.17, 15) is 4.79 Å². The minimum Gasteiger partial charge on any atom is -0.356 e. The molecule has 110 valence electrons. The second-order valence-electron chi connectivity index (χ2n) is 5.25. The molecule has 0 unspecified atom stereocenters. The van der Waals surface area contributed by atoms with Gasteiger partial charge in [-0.05, 0) is 43.0 Å². The third-order valence-corrected chi connectivity index (χ3v) is 3.57. The van der Waals surface area contributed by atoms with E-state index in [1.54, 1.807) is 0 Å². The quantitative estimate of drug-likeness (QED) is 0.805. The molecule has 0 aliphatic rings. The Morgan fingerprint density at radius 2 is 1.86 bits per heavy atom. The number of benzene rings is 2. The predicted octanol–water partition coefficient (Wildman–Crippen LogP) is 3.94. The molecule has 0 aliphatic heterocycles. The van der Waals surface area contributed by atoms with E-state index < -0.39 is 0 Å². The smallest absolute Gasteiger partial charge is 0.224 e. The summed E-state index contributed by atoms with van der Waals surface area (Å²) in [7, 11) is 0. The van der Waals surface area contributed by atoms with Gasteiger partial charge in [0.15, 0.2) is 0 Å². The van der Waals surface area contributed by atoms with Crippen LogP contribution in [-0.4, -0.2) is 12.5 Å². The van der Waals surface area contributed by atoms with Crippen LogP contribution in [0.1, 0.15) is 23.1 Å². The van der Waals surface area contributed by atoms with Crippen molar-refractivity contribution in [1.29, 1.82) is 0 Å². The summed E-state index contributed by atoms with van der Waals surface area (Å²) in [6.07, 6.45) is 2.31. The number of rotatable bonds is 6. The summed E-state index contributed by atoms with van der Waals surface area (Å²) in [5.41, 5.74) is 3.52. The third kappa shape index (κ3) is 5.60. The van der Waals surface area contributed by atoms with Crippen molar-refractivity contribution < 1.29 is 4.79 Å². The van der Waals surface area contributed by atoms with Crippen LogP contribution >= 0.6 is 11.6 Å². The number of halogens is 1. The van der Waals surface area contributed by atoms with Crippen molar-refractivity contribution in [3.8, 4) is 0 Å². The molecule has 2 aromatic carbocycles. The molecule has 1 N–H and O–H groups in total. The molecule has 0 fully saturated rings. The first kappa shape index (κ1) is 15.6. The van der Waals surface area contributed by atoms with E-state index >= 15 is 0 Å². The van der Waals surface area contributed by atoms with E-state index in [2.05, 4.69) is 36.5 Å². The molecule has 0 saturated heterocycles. The Morgan fingerprint density at radius 3 is 2.57 bits per heavy atom. The zero-order chi connectivity index (χ0) is 15.1. The normalized spacial score (nSPS) is 10.4. The molecule has 0 spiro atoms.